The number of benzene rings is 7. The average molecular weight is 902 g/mol. The number of pyridine rings is 1. The molecule has 2 aromatic heterocycles. The minimum absolute atomic E-state index is 0.0138. The summed E-state index contributed by atoms with van der Waals surface area (Å²) in [4.78, 5) is 10.1. The lowest BCUT2D eigenvalue weighted by atomic mass is 9.83. The molecule has 0 radical (unpaired) electrons. The Kier molecular flexibility index (Phi) is 9.24. The predicted octanol–water partition coefficient (Wildman–Crippen LogP) is 17.6. The van der Waals surface area contributed by atoms with E-state index in [4.69, 9.17) is 17.3 Å². The van der Waals surface area contributed by atoms with E-state index in [1.54, 1.807) is 0 Å². The molecular formula is C64H65N3O. The Hall–Kier alpha value is -7.04. The number of para-hydroxylation sites is 1. The Balaban J connectivity index is 1.38. The summed E-state index contributed by atoms with van der Waals surface area (Å²) in [6.45, 7) is 20.3. The number of imidazole rings is 1. The van der Waals surface area contributed by atoms with Crippen LogP contribution < -0.4 is 0 Å². The van der Waals surface area contributed by atoms with Gasteiger partial charge in [0.05, 0.1) is 37.6 Å². The van der Waals surface area contributed by atoms with Gasteiger partial charge < -0.3 is 5.11 Å². The maximum absolute atomic E-state index is 12.5. The van der Waals surface area contributed by atoms with Crippen molar-refractivity contribution in [3.05, 3.63) is 191 Å². The van der Waals surface area contributed by atoms with E-state index in [1.165, 1.54) is 5.56 Å². The summed E-state index contributed by atoms with van der Waals surface area (Å²) in [5.74, 6) is 0.779. The molecule has 9 aromatic rings. The molecule has 0 aliphatic heterocycles. The van der Waals surface area contributed by atoms with E-state index >= 15 is 0 Å². The van der Waals surface area contributed by atoms with Crippen molar-refractivity contribution in [2.24, 2.45) is 0 Å². The lowest BCUT2D eigenvalue weighted by Crippen LogP contribution is -2.11. The summed E-state index contributed by atoms with van der Waals surface area (Å²) in [6.07, 6.45) is -0.567. The highest BCUT2D eigenvalue weighted by Gasteiger charge is 2.27. The third kappa shape index (κ3) is 8.93. The second-order valence-corrected chi connectivity index (χ2v) is 20.6. The zero-order valence-corrected chi connectivity index (χ0v) is 40.9. The number of rotatable bonds is 9. The fraction of sp³-hybridized carbons (Fsp3) is 0.250. The van der Waals surface area contributed by atoms with Gasteiger partial charge in [-0.3, -0.25) is 9.55 Å². The normalized spacial score (nSPS) is 14.4. The van der Waals surface area contributed by atoms with Gasteiger partial charge in [0.2, 0.25) is 0 Å². The van der Waals surface area contributed by atoms with E-state index in [2.05, 4.69) is 146 Å². The van der Waals surface area contributed by atoms with Gasteiger partial charge in [0, 0.05) is 27.0 Å². The molecule has 0 saturated carbocycles. The van der Waals surface area contributed by atoms with Crippen LogP contribution in [0.25, 0.3) is 83.9 Å². The van der Waals surface area contributed by atoms with E-state index < -0.39 is 65.8 Å². The SMILES string of the molecule is [2H]c1nc(-c2cc(-c3cccc4c3nc(-c3cc(C(C)C)cc(C(C)C)c3O)n4-c3cc(C)c(-c4ccccc4)cc3-c3ccc(C(C)(C)C)cc3)cc(C(C)(C)C)c2)c([2H])c(-c2c([2H])c([2H])c(C([2H])([2H])[2H])c([2H])c2[2H])c1[2H]. The third-order valence-corrected chi connectivity index (χ3v) is 13.0. The van der Waals surface area contributed by atoms with Crippen LogP contribution in [0.5, 0.6) is 5.75 Å². The summed E-state index contributed by atoms with van der Waals surface area (Å²) < 4.78 is 88.8. The number of fused-ring (bicyclic) bond motifs is 1. The van der Waals surface area contributed by atoms with Gasteiger partial charge in [0.1, 0.15) is 11.6 Å². The summed E-state index contributed by atoms with van der Waals surface area (Å²) in [5, 5.41) is 12.5. The van der Waals surface area contributed by atoms with Crippen LogP contribution in [-0.4, -0.2) is 19.6 Å². The number of phenols is 1. The standard InChI is InChI=1S/C64H65N3O/c1-39(2)47-35-53(40(3)4)61(68)56(36-47)62-66-60-52(48-32-49(34-51(33-48)64(10,11)12)57-37-46(29-30-65-57)43-23-21-41(5)22-24-43)19-16-20-58(60)67(62)59-31-42(6)54(44-17-14-13-15-18-44)38-55(59)45-25-27-50(28-26-45)63(7,8)9/h13-40,68H,1-12H3/i5D3,21D,22D,23D,24D,29D,30D,37D. The van der Waals surface area contributed by atoms with Crippen molar-refractivity contribution in [2.75, 3.05) is 0 Å². The maximum atomic E-state index is 12.5. The Morgan fingerprint density at radius 1 is 0.588 bits per heavy atom. The topological polar surface area (TPSA) is 50.9 Å². The molecule has 0 bridgehead atoms. The van der Waals surface area contributed by atoms with Crippen LogP contribution in [0.1, 0.15) is 128 Å². The third-order valence-electron chi connectivity index (χ3n) is 13.0. The number of aromatic nitrogens is 3. The molecule has 0 aliphatic carbocycles. The fourth-order valence-electron chi connectivity index (χ4n) is 8.94. The summed E-state index contributed by atoms with van der Waals surface area (Å²) in [7, 11) is 0. The van der Waals surface area contributed by atoms with Crippen LogP contribution in [0.3, 0.4) is 0 Å². The molecule has 4 nitrogen and oxygen atoms in total. The van der Waals surface area contributed by atoms with Crippen molar-refractivity contribution in [3.8, 4) is 78.6 Å². The summed E-state index contributed by atoms with van der Waals surface area (Å²) in [5.41, 5.74) is 11.4. The van der Waals surface area contributed by atoms with Crippen LogP contribution >= 0.6 is 0 Å². The quantitative estimate of drug-likeness (QED) is 0.157. The van der Waals surface area contributed by atoms with Gasteiger partial charge in [-0.2, -0.15) is 0 Å². The molecule has 0 fully saturated rings. The van der Waals surface area contributed by atoms with Gasteiger partial charge >= 0.3 is 0 Å². The Bertz CT molecular complexity index is 3820. The first-order valence-electron chi connectivity index (χ1n) is 28.4. The molecule has 0 unspecified atom stereocenters. The van der Waals surface area contributed by atoms with E-state index in [-0.39, 0.29) is 34.3 Å². The highest BCUT2D eigenvalue weighted by Crippen LogP contribution is 2.46. The van der Waals surface area contributed by atoms with E-state index in [0.29, 0.717) is 33.6 Å². The highest BCUT2D eigenvalue weighted by atomic mass is 16.3. The number of aromatic hydroxyl groups is 1. The molecule has 2 heterocycles. The van der Waals surface area contributed by atoms with Crippen LogP contribution in [0.15, 0.2) is 158 Å². The van der Waals surface area contributed by atoms with Crippen molar-refractivity contribution in [2.45, 2.75) is 106 Å². The number of phenolic OH excluding ortho intramolecular Hbond substituents is 1. The molecule has 7 aromatic carbocycles. The lowest BCUT2D eigenvalue weighted by Gasteiger charge is -2.22. The molecule has 0 atom stereocenters. The van der Waals surface area contributed by atoms with Crippen molar-refractivity contribution >= 4 is 11.0 Å². The van der Waals surface area contributed by atoms with Crippen LogP contribution in [0.2, 0.25) is 0 Å². The van der Waals surface area contributed by atoms with E-state index in [9.17, 15) is 6.48 Å². The Morgan fingerprint density at radius 3 is 1.94 bits per heavy atom. The number of hydrogen-bond donors (Lipinski definition) is 1. The van der Waals surface area contributed by atoms with E-state index in [1.807, 2.05) is 54.6 Å². The van der Waals surface area contributed by atoms with Crippen LogP contribution in [0.4, 0.5) is 0 Å². The first-order chi connectivity index (χ1) is 36.5. The van der Waals surface area contributed by atoms with Gasteiger partial charge in [-0.05, 0) is 146 Å². The van der Waals surface area contributed by atoms with Gasteiger partial charge in [0.25, 0.3) is 0 Å². The number of hydrogen-bond acceptors (Lipinski definition) is 3. The van der Waals surface area contributed by atoms with Crippen LogP contribution in [-0.2, 0) is 10.8 Å². The minimum Gasteiger partial charge on any atom is -0.507 e. The monoisotopic (exact) mass is 902 g/mol. The number of aryl methyl sites for hydroxylation is 1. The first-order valence-corrected chi connectivity index (χ1v) is 23.4. The number of nitrogens with zero attached hydrogens (tertiary/aromatic N) is 3. The molecule has 0 amide bonds. The van der Waals surface area contributed by atoms with Gasteiger partial charge in [-0.25, -0.2) is 4.98 Å². The second-order valence-electron chi connectivity index (χ2n) is 20.6. The Labute approximate surface area is 418 Å². The fourth-order valence-corrected chi connectivity index (χ4v) is 8.94. The van der Waals surface area contributed by atoms with Gasteiger partial charge in [0.15, 0.2) is 0 Å². The van der Waals surface area contributed by atoms with Crippen molar-refractivity contribution in [1.29, 1.82) is 0 Å². The average Bonchev–Trinajstić information content (AvgIpc) is 3.97. The molecule has 4 heteroatoms. The molecule has 0 spiro atoms. The van der Waals surface area contributed by atoms with Gasteiger partial charge in [-0.1, -0.05) is 178 Å². The lowest BCUT2D eigenvalue weighted by molar-refractivity contribution is 0.466. The Morgan fingerprint density at radius 2 is 1.28 bits per heavy atom. The predicted molar refractivity (Wildman–Crippen MR) is 288 cm³/mol. The molecule has 342 valence electrons. The van der Waals surface area contributed by atoms with Gasteiger partial charge in [-0.15, -0.1) is 0 Å². The molecule has 9 rings (SSSR count). The summed E-state index contributed by atoms with van der Waals surface area (Å²) in [6, 6.07) is 35.3. The smallest absolute Gasteiger partial charge is 0.149 e. The highest BCUT2D eigenvalue weighted by molar-refractivity contribution is 5.98. The molecule has 68 heavy (non-hydrogen) atoms. The second kappa shape index (κ2) is 17.9. The molecular weight excluding hydrogens is 827 g/mol. The zero-order valence-electron chi connectivity index (χ0n) is 50.9. The van der Waals surface area contributed by atoms with Crippen molar-refractivity contribution in [1.82, 2.24) is 14.5 Å². The largest absolute Gasteiger partial charge is 0.507 e. The zero-order chi connectivity index (χ0) is 56.8. The first kappa shape index (κ1) is 35.2. The molecule has 1 N–H and O–H groups in total. The van der Waals surface area contributed by atoms with Crippen LogP contribution in [0, 0.1) is 13.8 Å². The summed E-state index contributed by atoms with van der Waals surface area (Å²) >= 11 is 0. The minimum atomic E-state index is -2.97. The molecule has 0 saturated heterocycles. The van der Waals surface area contributed by atoms with Crippen molar-refractivity contribution < 1.29 is 18.8 Å². The maximum Gasteiger partial charge on any atom is 0.149 e. The van der Waals surface area contributed by atoms with Crippen molar-refractivity contribution in [3.63, 3.8) is 0 Å². The van der Waals surface area contributed by atoms with E-state index in [0.717, 1.165) is 55.7 Å². The molecule has 0 aliphatic rings.